The Labute approximate surface area is 158 Å². The number of nitrogens with zero attached hydrogens (tertiary/aromatic N) is 3. The van der Waals surface area contributed by atoms with Gasteiger partial charge in [-0.3, -0.25) is 5.43 Å². The molecule has 0 radical (unpaired) electrons. The van der Waals surface area contributed by atoms with Gasteiger partial charge >= 0.3 is 0 Å². The number of anilines is 1. The minimum atomic E-state index is 0.0811. The molecule has 140 valence electrons. The van der Waals surface area contributed by atoms with Crippen LogP contribution in [-0.2, 0) is 0 Å². The summed E-state index contributed by atoms with van der Waals surface area (Å²) in [5.41, 5.74) is 3.91. The molecule has 0 aliphatic carbocycles. The van der Waals surface area contributed by atoms with E-state index in [2.05, 4.69) is 34.3 Å². The van der Waals surface area contributed by atoms with E-state index in [1.807, 2.05) is 30.5 Å². The molecule has 1 N–H and O–H groups in total. The van der Waals surface area contributed by atoms with Crippen LogP contribution in [0.5, 0.6) is 17.5 Å². The van der Waals surface area contributed by atoms with Crippen LogP contribution in [-0.4, -0.2) is 42.8 Å². The summed E-state index contributed by atoms with van der Waals surface area (Å²) < 4.78 is 15.5. The highest BCUT2D eigenvalue weighted by Crippen LogP contribution is 2.28. The SMILES string of the molecule is COc1ccc(N/N=C/C(Sc2nc(OC)cc(OC)n2)C(C)C)cc1. The van der Waals surface area contributed by atoms with E-state index in [0.717, 1.165) is 11.4 Å². The Kier molecular flexibility index (Phi) is 7.53. The van der Waals surface area contributed by atoms with Gasteiger partial charge in [-0.1, -0.05) is 25.6 Å². The van der Waals surface area contributed by atoms with Crippen LogP contribution < -0.4 is 19.6 Å². The van der Waals surface area contributed by atoms with Crippen molar-refractivity contribution in [1.82, 2.24) is 9.97 Å². The van der Waals surface area contributed by atoms with Crippen LogP contribution in [0.2, 0.25) is 0 Å². The molecular formula is C18H24N4O3S. The molecule has 1 atom stereocenters. The van der Waals surface area contributed by atoms with Gasteiger partial charge in [-0.25, -0.2) is 0 Å². The summed E-state index contributed by atoms with van der Waals surface area (Å²) in [5, 5.41) is 5.01. The number of thioether (sulfide) groups is 1. The number of methoxy groups -OCH3 is 3. The quantitative estimate of drug-likeness (QED) is 0.309. The number of hydrogen-bond acceptors (Lipinski definition) is 8. The van der Waals surface area contributed by atoms with Crippen LogP contribution in [0.3, 0.4) is 0 Å². The summed E-state index contributed by atoms with van der Waals surface area (Å²) in [7, 11) is 4.77. The molecule has 2 aromatic rings. The first-order valence-corrected chi connectivity index (χ1v) is 9.00. The van der Waals surface area contributed by atoms with Crippen molar-refractivity contribution in [2.75, 3.05) is 26.8 Å². The third kappa shape index (κ3) is 5.80. The summed E-state index contributed by atoms with van der Waals surface area (Å²) in [6.45, 7) is 4.24. The Morgan fingerprint density at radius 3 is 2.12 bits per heavy atom. The largest absolute Gasteiger partial charge is 0.497 e. The monoisotopic (exact) mass is 376 g/mol. The lowest BCUT2D eigenvalue weighted by atomic mass is 10.1. The van der Waals surface area contributed by atoms with Gasteiger partial charge in [0.05, 0.1) is 38.3 Å². The second-order valence-electron chi connectivity index (χ2n) is 5.68. The van der Waals surface area contributed by atoms with E-state index in [-0.39, 0.29) is 5.25 Å². The van der Waals surface area contributed by atoms with E-state index in [4.69, 9.17) is 14.2 Å². The number of benzene rings is 1. The van der Waals surface area contributed by atoms with Gasteiger partial charge in [-0.05, 0) is 30.2 Å². The number of hydrogen-bond donors (Lipinski definition) is 1. The zero-order valence-electron chi connectivity index (χ0n) is 15.6. The van der Waals surface area contributed by atoms with E-state index < -0.39 is 0 Å². The highest BCUT2D eigenvalue weighted by Gasteiger charge is 2.16. The Balaban J connectivity index is 2.06. The van der Waals surface area contributed by atoms with Gasteiger partial charge in [0.25, 0.3) is 0 Å². The van der Waals surface area contributed by atoms with Crippen molar-refractivity contribution in [3.8, 4) is 17.5 Å². The molecule has 0 aliphatic rings. The minimum absolute atomic E-state index is 0.0811. The molecular weight excluding hydrogens is 352 g/mol. The minimum Gasteiger partial charge on any atom is -0.497 e. The van der Waals surface area contributed by atoms with E-state index in [1.54, 1.807) is 27.4 Å². The van der Waals surface area contributed by atoms with E-state index in [9.17, 15) is 0 Å². The first kappa shape index (κ1) is 19.8. The Hall–Kier alpha value is -2.48. The molecule has 0 bridgehead atoms. The van der Waals surface area contributed by atoms with Crippen molar-refractivity contribution in [1.29, 1.82) is 0 Å². The van der Waals surface area contributed by atoms with Gasteiger partial charge in [0.1, 0.15) is 5.75 Å². The molecule has 2 rings (SSSR count). The van der Waals surface area contributed by atoms with E-state index in [1.165, 1.54) is 11.8 Å². The lowest BCUT2D eigenvalue weighted by molar-refractivity contribution is 0.364. The van der Waals surface area contributed by atoms with E-state index >= 15 is 0 Å². The number of rotatable bonds is 9. The van der Waals surface area contributed by atoms with Crippen molar-refractivity contribution in [3.63, 3.8) is 0 Å². The molecule has 0 saturated heterocycles. The molecule has 0 fully saturated rings. The number of ether oxygens (including phenoxy) is 3. The van der Waals surface area contributed by atoms with Crippen LogP contribution >= 0.6 is 11.8 Å². The third-order valence-electron chi connectivity index (χ3n) is 3.48. The summed E-state index contributed by atoms with van der Waals surface area (Å²) >= 11 is 1.51. The topological polar surface area (TPSA) is 77.9 Å². The van der Waals surface area contributed by atoms with Crippen LogP contribution in [0.25, 0.3) is 0 Å². The molecule has 7 nitrogen and oxygen atoms in total. The molecule has 0 saturated carbocycles. The number of hydrazone groups is 1. The van der Waals surface area contributed by atoms with Gasteiger partial charge in [-0.15, -0.1) is 0 Å². The molecule has 8 heteroatoms. The fourth-order valence-electron chi connectivity index (χ4n) is 1.96. The third-order valence-corrected chi connectivity index (χ3v) is 4.81. The number of nitrogens with one attached hydrogen (secondary N) is 1. The van der Waals surface area contributed by atoms with Crippen molar-refractivity contribution in [2.24, 2.45) is 11.0 Å². The molecule has 1 heterocycles. The van der Waals surface area contributed by atoms with Crippen molar-refractivity contribution in [2.45, 2.75) is 24.3 Å². The molecule has 0 aliphatic heterocycles. The van der Waals surface area contributed by atoms with E-state index in [0.29, 0.717) is 22.8 Å². The zero-order chi connectivity index (χ0) is 18.9. The normalized spacial score (nSPS) is 12.2. The van der Waals surface area contributed by atoms with Gasteiger partial charge in [0.2, 0.25) is 11.8 Å². The second-order valence-corrected chi connectivity index (χ2v) is 6.83. The highest BCUT2D eigenvalue weighted by atomic mass is 32.2. The smallest absolute Gasteiger partial charge is 0.220 e. The molecule has 1 aromatic carbocycles. The summed E-state index contributed by atoms with van der Waals surface area (Å²) in [6, 6.07) is 9.22. The van der Waals surface area contributed by atoms with Crippen LogP contribution in [0, 0.1) is 5.92 Å². The Morgan fingerprint density at radius 2 is 1.62 bits per heavy atom. The van der Waals surface area contributed by atoms with Crippen LogP contribution in [0.4, 0.5) is 5.69 Å². The van der Waals surface area contributed by atoms with Crippen molar-refractivity contribution in [3.05, 3.63) is 30.3 Å². The van der Waals surface area contributed by atoms with Gasteiger partial charge < -0.3 is 14.2 Å². The Morgan fingerprint density at radius 1 is 1.00 bits per heavy atom. The van der Waals surface area contributed by atoms with Gasteiger partial charge in [-0.2, -0.15) is 15.1 Å². The molecule has 1 aromatic heterocycles. The average molecular weight is 376 g/mol. The molecule has 0 spiro atoms. The maximum absolute atomic E-state index is 5.20. The lowest BCUT2D eigenvalue weighted by Crippen LogP contribution is -2.14. The van der Waals surface area contributed by atoms with Gasteiger partial charge in [0, 0.05) is 6.21 Å². The van der Waals surface area contributed by atoms with Crippen molar-refractivity contribution >= 4 is 23.7 Å². The highest BCUT2D eigenvalue weighted by molar-refractivity contribution is 8.00. The number of aromatic nitrogens is 2. The summed E-state index contributed by atoms with van der Waals surface area (Å²) in [4.78, 5) is 8.72. The van der Waals surface area contributed by atoms with Crippen LogP contribution in [0.1, 0.15) is 13.8 Å². The summed E-state index contributed by atoms with van der Waals surface area (Å²) in [5.74, 6) is 2.08. The maximum Gasteiger partial charge on any atom is 0.220 e. The van der Waals surface area contributed by atoms with Gasteiger partial charge in [0.15, 0.2) is 5.16 Å². The maximum atomic E-state index is 5.20. The predicted molar refractivity (Wildman–Crippen MR) is 105 cm³/mol. The molecule has 26 heavy (non-hydrogen) atoms. The average Bonchev–Trinajstić information content (AvgIpc) is 2.67. The fraction of sp³-hybridized carbons (Fsp3) is 0.389. The zero-order valence-corrected chi connectivity index (χ0v) is 16.4. The van der Waals surface area contributed by atoms with Crippen LogP contribution in [0.15, 0.2) is 40.6 Å². The first-order chi connectivity index (χ1) is 12.5. The molecule has 1 unspecified atom stereocenters. The fourth-order valence-corrected chi connectivity index (χ4v) is 2.88. The lowest BCUT2D eigenvalue weighted by Gasteiger charge is -2.15. The Bertz CT molecular complexity index is 701. The first-order valence-electron chi connectivity index (χ1n) is 8.12. The predicted octanol–water partition coefficient (Wildman–Crippen LogP) is 3.72. The summed E-state index contributed by atoms with van der Waals surface area (Å²) in [6.07, 6.45) is 1.86. The molecule has 0 amide bonds. The second kappa shape index (κ2) is 9.86. The standard InChI is InChI=1S/C18H24N4O3S/c1-12(2)15(11-19-22-13-6-8-14(23-3)9-7-13)26-18-20-16(24-4)10-17(21-18)25-5/h6-12,15,22H,1-5H3/b19-11+. The van der Waals surface area contributed by atoms with Crippen molar-refractivity contribution < 1.29 is 14.2 Å².